The summed E-state index contributed by atoms with van der Waals surface area (Å²) in [7, 11) is 0. The lowest BCUT2D eigenvalue weighted by molar-refractivity contribution is 0.306. The Morgan fingerprint density at radius 3 is 2.59 bits per heavy atom. The topological polar surface area (TPSA) is 49.9 Å². The van der Waals surface area contributed by atoms with Crippen molar-refractivity contribution < 1.29 is 4.74 Å². The van der Waals surface area contributed by atoms with Crippen molar-refractivity contribution in [3.63, 3.8) is 0 Å². The molecule has 1 heterocycles. The molecule has 4 rings (SSSR count). The SMILES string of the molecule is Clc1ccc(COc2ccc(CNCCc3nc4ccccc4[nH]3)cc2)c(Cl)c1. The number of nitrogens with zero attached hydrogens (tertiary/aromatic N) is 1. The van der Waals surface area contributed by atoms with Crippen molar-refractivity contribution in [2.45, 2.75) is 19.6 Å². The maximum atomic E-state index is 6.18. The number of nitrogens with one attached hydrogen (secondary N) is 2. The van der Waals surface area contributed by atoms with Crippen LogP contribution in [0.25, 0.3) is 11.0 Å². The molecule has 0 saturated carbocycles. The zero-order valence-corrected chi connectivity index (χ0v) is 17.3. The van der Waals surface area contributed by atoms with Gasteiger partial charge in [-0.15, -0.1) is 0 Å². The fourth-order valence-corrected chi connectivity index (χ4v) is 3.53. The number of hydrogen-bond acceptors (Lipinski definition) is 3. The molecule has 0 atom stereocenters. The van der Waals surface area contributed by atoms with E-state index in [0.29, 0.717) is 16.7 Å². The standard InChI is InChI=1S/C23H21Cl2N3O/c24-18-8-7-17(20(25)13-18)15-29-19-9-5-16(6-10-19)14-26-12-11-23-27-21-3-1-2-4-22(21)28-23/h1-10,13,26H,11-12,14-15H2,(H,27,28). The molecule has 0 unspecified atom stereocenters. The highest BCUT2D eigenvalue weighted by Gasteiger charge is 2.04. The van der Waals surface area contributed by atoms with Gasteiger partial charge >= 0.3 is 0 Å². The molecule has 0 aliphatic rings. The fourth-order valence-electron chi connectivity index (χ4n) is 3.07. The van der Waals surface area contributed by atoms with Crippen LogP contribution in [0.15, 0.2) is 66.7 Å². The van der Waals surface area contributed by atoms with Crippen LogP contribution in [0.4, 0.5) is 0 Å². The van der Waals surface area contributed by atoms with E-state index in [2.05, 4.69) is 27.4 Å². The summed E-state index contributed by atoms with van der Waals surface area (Å²) in [5, 5.41) is 4.69. The van der Waals surface area contributed by atoms with Crippen molar-refractivity contribution in [3.05, 3.63) is 93.7 Å². The number of H-pyrrole nitrogens is 1. The molecule has 0 fully saturated rings. The Hall–Kier alpha value is -2.53. The predicted molar refractivity (Wildman–Crippen MR) is 119 cm³/mol. The first-order valence-corrected chi connectivity index (χ1v) is 10.2. The molecule has 0 aliphatic heterocycles. The molecule has 0 amide bonds. The molecule has 1 aromatic heterocycles. The predicted octanol–water partition coefficient (Wildman–Crippen LogP) is 5.78. The molecule has 6 heteroatoms. The Bertz CT molecular complexity index is 1060. The zero-order chi connectivity index (χ0) is 20.1. The third kappa shape index (κ3) is 5.30. The number of halogens is 2. The highest BCUT2D eigenvalue weighted by molar-refractivity contribution is 6.35. The second kappa shape index (κ2) is 9.31. The van der Waals surface area contributed by atoms with E-state index >= 15 is 0 Å². The van der Waals surface area contributed by atoms with Crippen LogP contribution < -0.4 is 10.1 Å². The Morgan fingerprint density at radius 1 is 0.966 bits per heavy atom. The van der Waals surface area contributed by atoms with Crippen LogP contribution in [0.1, 0.15) is 17.0 Å². The molecule has 0 aliphatic carbocycles. The van der Waals surface area contributed by atoms with Gasteiger partial charge in [0.2, 0.25) is 0 Å². The molecule has 148 valence electrons. The highest BCUT2D eigenvalue weighted by Crippen LogP contribution is 2.23. The van der Waals surface area contributed by atoms with Crippen molar-refractivity contribution >= 4 is 34.2 Å². The summed E-state index contributed by atoms with van der Waals surface area (Å²) in [5.41, 5.74) is 4.20. The van der Waals surface area contributed by atoms with Gasteiger partial charge in [-0.3, -0.25) is 0 Å². The van der Waals surface area contributed by atoms with Crippen LogP contribution in [-0.4, -0.2) is 16.5 Å². The largest absolute Gasteiger partial charge is 0.489 e. The normalized spacial score (nSPS) is 11.1. The number of benzene rings is 3. The Kier molecular flexibility index (Phi) is 6.35. The van der Waals surface area contributed by atoms with Crippen LogP contribution in [-0.2, 0) is 19.6 Å². The van der Waals surface area contributed by atoms with Crippen molar-refractivity contribution in [3.8, 4) is 5.75 Å². The summed E-state index contributed by atoms with van der Waals surface area (Å²) < 4.78 is 5.82. The molecule has 4 aromatic rings. The van der Waals surface area contributed by atoms with Crippen LogP contribution in [0.5, 0.6) is 5.75 Å². The van der Waals surface area contributed by atoms with E-state index < -0.39 is 0 Å². The second-order valence-corrected chi connectivity index (χ2v) is 7.64. The first-order chi connectivity index (χ1) is 14.2. The van der Waals surface area contributed by atoms with Crippen molar-refractivity contribution in [2.24, 2.45) is 0 Å². The number of ether oxygens (including phenoxy) is 1. The minimum Gasteiger partial charge on any atom is -0.489 e. The molecule has 0 radical (unpaired) electrons. The fraction of sp³-hybridized carbons (Fsp3) is 0.174. The molecule has 0 saturated heterocycles. The second-order valence-electron chi connectivity index (χ2n) is 6.80. The van der Waals surface area contributed by atoms with E-state index in [1.807, 2.05) is 48.5 Å². The molecular weight excluding hydrogens is 405 g/mol. The molecule has 0 bridgehead atoms. The summed E-state index contributed by atoms with van der Waals surface area (Å²) in [6, 6.07) is 21.6. The lowest BCUT2D eigenvalue weighted by atomic mass is 10.2. The lowest BCUT2D eigenvalue weighted by Crippen LogP contribution is -2.17. The van der Waals surface area contributed by atoms with Gasteiger partial charge in [0.05, 0.1) is 11.0 Å². The summed E-state index contributed by atoms with van der Waals surface area (Å²) in [5.74, 6) is 1.81. The zero-order valence-electron chi connectivity index (χ0n) is 15.8. The van der Waals surface area contributed by atoms with Crippen molar-refractivity contribution in [2.75, 3.05) is 6.54 Å². The lowest BCUT2D eigenvalue weighted by Gasteiger charge is -2.09. The molecule has 0 spiro atoms. The number of para-hydroxylation sites is 2. The number of imidazole rings is 1. The maximum Gasteiger partial charge on any atom is 0.119 e. The highest BCUT2D eigenvalue weighted by atomic mass is 35.5. The van der Waals surface area contributed by atoms with Gasteiger partial charge in [0.15, 0.2) is 0 Å². The minimum absolute atomic E-state index is 0.408. The van der Waals surface area contributed by atoms with E-state index in [4.69, 9.17) is 27.9 Å². The van der Waals surface area contributed by atoms with E-state index in [0.717, 1.165) is 47.7 Å². The molecule has 2 N–H and O–H groups in total. The minimum atomic E-state index is 0.408. The van der Waals surface area contributed by atoms with Crippen LogP contribution in [0.2, 0.25) is 10.0 Å². The van der Waals surface area contributed by atoms with Crippen molar-refractivity contribution in [1.29, 1.82) is 0 Å². The Labute approximate surface area is 179 Å². The summed E-state index contributed by atoms with van der Waals surface area (Å²) in [4.78, 5) is 7.95. The van der Waals surface area contributed by atoms with Crippen LogP contribution >= 0.6 is 23.2 Å². The number of aromatic nitrogens is 2. The summed E-state index contributed by atoms with van der Waals surface area (Å²) >= 11 is 12.1. The van der Waals surface area contributed by atoms with Gasteiger partial charge in [-0.2, -0.15) is 0 Å². The van der Waals surface area contributed by atoms with Gasteiger partial charge in [-0.05, 0) is 42.0 Å². The van der Waals surface area contributed by atoms with E-state index in [-0.39, 0.29) is 0 Å². The quantitative estimate of drug-likeness (QED) is 0.351. The molecule has 3 aromatic carbocycles. The summed E-state index contributed by atoms with van der Waals surface area (Å²) in [6.07, 6.45) is 0.859. The van der Waals surface area contributed by atoms with Gasteiger partial charge < -0.3 is 15.0 Å². The Morgan fingerprint density at radius 2 is 1.79 bits per heavy atom. The number of fused-ring (bicyclic) bond motifs is 1. The van der Waals surface area contributed by atoms with Crippen molar-refractivity contribution in [1.82, 2.24) is 15.3 Å². The smallest absolute Gasteiger partial charge is 0.119 e. The van der Waals surface area contributed by atoms with Crippen LogP contribution in [0, 0.1) is 0 Å². The van der Waals surface area contributed by atoms with Crippen LogP contribution in [0.3, 0.4) is 0 Å². The van der Waals surface area contributed by atoms with Gasteiger partial charge in [-0.1, -0.05) is 53.5 Å². The number of hydrogen-bond donors (Lipinski definition) is 2. The van der Waals surface area contributed by atoms with Gasteiger partial charge in [0, 0.05) is 35.1 Å². The number of rotatable bonds is 8. The first kappa shape index (κ1) is 19.8. The van der Waals surface area contributed by atoms with E-state index in [1.54, 1.807) is 6.07 Å². The monoisotopic (exact) mass is 425 g/mol. The molecule has 29 heavy (non-hydrogen) atoms. The van der Waals surface area contributed by atoms with Gasteiger partial charge in [-0.25, -0.2) is 4.98 Å². The van der Waals surface area contributed by atoms with E-state index in [9.17, 15) is 0 Å². The summed E-state index contributed by atoms with van der Waals surface area (Å²) in [6.45, 7) is 2.06. The first-order valence-electron chi connectivity index (χ1n) is 9.47. The third-order valence-corrected chi connectivity index (χ3v) is 5.23. The van der Waals surface area contributed by atoms with Gasteiger partial charge in [0.25, 0.3) is 0 Å². The van der Waals surface area contributed by atoms with E-state index in [1.165, 1.54) is 5.56 Å². The maximum absolute atomic E-state index is 6.18. The molecule has 4 nitrogen and oxygen atoms in total. The average molecular weight is 426 g/mol. The molecular formula is C23H21Cl2N3O. The number of aromatic amines is 1. The third-order valence-electron chi connectivity index (χ3n) is 4.64. The Balaban J connectivity index is 1.23. The van der Waals surface area contributed by atoms with Gasteiger partial charge in [0.1, 0.15) is 18.2 Å². The average Bonchev–Trinajstić information content (AvgIpc) is 3.14.